The average molecular weight is 423 g/mol. The Morgan fingerprint density at radius 2 is 1.29 bits per heavy atom. The number of carboxylic acids is 1. The van der Waals surface area contributed by atoms with Gasteiger partial charge in [0.05, 0.1) is 19.3 Å². The molecule has 0 radical (unpaired) electrons. The van der Waals surface area contributed by atoms with E-state index >= 15 is 0 Å². The van der Waals surface area contributed by atoms with E-state index in [0.29, 0.717) is 0 Å². The molecule has 0 spiro atoms. The second-order valence-electron chi connectivity index (χ2n) is 5.68. The lowest BCUT2D eigenvalue weighted by atomic mass is 10.1. The summed E-state index contributed by atoms with van der Waals surface area (Å²) in [4.78, 5) is 57.6. The average Bonchev–Trinajstić information content (AvgIpc) is 2.65. The summed E-state index contributed by atoms with van der Waals surface area (Å²) in [5.41, 5.74) is 10.5. The molecule has 160 valence electrons. The molecular weight excluding hydrogens is 398 g/mol. The van der Waals surface area contributed by atoms with E-state index in [1.807, 2.05) is 0 Å². The molecule has 0 aliphatic rings. The van der Waals surface area contributed by atoms with Gasteiger partial charge < -0.3 is 42.7 Å². The molecule has 0 fully saturated rings. The number of primary amides is 1. The van der Waals surface area contributed by atoms with Crippen LogP contribution in [0.5, 0.6) is 0 Å². The van der Waals surface area contributed by atoms with Crippen molar-refractivity contribution in [2.75, 3.05) is 19.0 Å². The van der Waals surface area contributed by atoms with E-state index in [0.717, 1.165) is 0 Å². The number of nitrogens with one attached hydrogen (secondary N) is 3. The van der Waals surface area contributed by atoms with Gasteiger partial charge in [0.25, 0.3) is 0 Å². The van der Waals surface area contributed by atoms with E-state index in [1.54, 1.807) is 0 Å². The van der Waals surface area contributed by atoms with Crippen molar-refractivity contribution in [3.05, 3.63) is 0 Å². The minimum Gasteiger partial charge on any atom is -0.480 e. The Hall–Kier alpha value is -2.42. The van der Waals surface area contributed by atoms with Gasteiger partial charge in [-0.2, -0.15) is 12.6 Å². The van der Waals surface area contributed by atoms with Crippen molar-refractivity contribution in [3.8, 4) is 0 Å². The zero-order valence-corrected chi connectivity index (χ0v) is 15.7. The highest BCUT2D eigenvalue weighted by atomic mass is 32.1. The van der Waals surface area contributed by atoms with Gasteiger partial charge in [-0.05, 0) is 6.42 Å². The van der Waals surface area contributed by atoms with Crippen molar-refractivity contribution in [2.45, 2.75) is 37.0 Å². The van der Waals surface area contributed by atoms with Crippen molar-refractivity contribution < 1.29 is 39.3 Å². The first-order valence-corrected chi connectivity index (χ1v) is 8.70. The van der Waals surface area contributed by atoms with Gasteiger partial charge in [0.1, 0.15) is 18.1 Å². The van der Waals surface area contributed by atoms with E-state index in [2.05, 4.69) is 28.6 Å². The second-order valence-corrected chi connectivity index (χ2v) is 6.05. The molecule has 0 aromatic heterocycles. The predicted molar refractivity (Wildman–Crippen MR) is 97.9 cm³/mol. The summed E-state index contributed by atoms with van der Waals surface area (Å²) in [5.74, 6) is -5.13. The van der Waals surface area contributed by atoms with Crippen LogP contribution in [0.2, 0.25) is 0 Å². The zero-order chi connectivity index (χ0) is 21.9. The molecule has 13 nitrogen and oxygen atoms in total. The first-order chi connectivity index (χ1) is 13.1. The van der Waals surface area contributed by atoms with Gasteiger partial charge in [0.15, 0.2) is 0 Å². The van der Waals surface area contributed by atoms with Crippen molar-refractivity contribution in [1.82, 2.24) is 16.0 Å². The van der Waals surface area contributed by atoms with E-state index in [4.69, 9.17) is 16.6 Å². The molecule has 0 rings (SSSR count). The molecular formula is C14H25N5O8S. The summed E-state index contributed by atoms with van der Waals surface area (Å²) in [6.07, 6.45) is -0.240. The molecule has 14 heteroatoms. The van der Waals surface area contributed by atoms with Crippen LogP contribution in [0.3, 0.4) is 0 Å². The Kier molecular flexibility index (Phi) is 11.8. The first kappa shape index (κ1) is 25.6. The molecule has 4 atom stereocenters. The fourth-order valence-corrected chi connectivity index (χ4v) is 2.07. The first-order valence-electron chi connectivity index (χ1n) is 8.07. The number of carbonyl (C=O) groups is 5. The van der Waals surface area contributed by atoms with Crippen molar-refractivity contribution in [1.29, 1.82) is 0 Å². The monoisotopic (exact) mass is 423 g/mol. The highest BCUT2D eigenvalue weighted by molar-refractivity contribution is 7.80. The standard InChI is InChI=1S/C14H25N5O8S/c15-6(1-2-10(16)22)11(23)17-7(3-20)12(24)18-8(4-21)13(25)19-9(5-28)14(26)27/h6-9,20-21,28H,1-5,15H2,(H2,16,22)(H,17,23)(H,18,24)(H,19,25)(H,26,27). The number of hydrogen-bond acceptors (Lipinski definition) is 9. The highest BCUT2D eigenvalue weighted by Crippen LogP contribution is 1.97. The minimum absolute atomic E-state index is 0.0804. The topological polar surface area (TPSA) is 234 Å². The number of amides is 4. The Morgan fingerprint density at radius 1 is 0.857 bits per heavy atom. The van der Waals surface area contributed by atoms with Gasteiger partial charge in [-0.25, -0.2) is 4.79 Å². The van der Waals surface area contributed by atoms with E-state index < -0.39 is 67.0 Å². The number of hydrogen-bond donors (Lipinski definition) is 9. The summed E-state index contributed by atoms with van der Waals surface area (Å²) in [5, 5.41) is 33.7. The fraction of sp³-hybridized carbons (Fsp3) is 0.643. The Bertz CT molecular complexity index is 590. The van der Waals surface area contributed by atoms with E-state index in [9.17, 15) is 34.2 Å². The smallest absolute Gasteiger partial charge is 0.327 e. The molecule has 0 aliphatic carbocycles. The van der Waals surface area contributed by atoms with Gasteiger partial charge in [0.2, 0.25) is 23.6 Å². The van der Waals surface area contributed by atoms with Gasteiger partial charge in [-0.1, -0.05) is 0 Å². The van der Waals surface area contributed by atoms with Gasteiger partial charge in [-0.3, -0.25) is 19.2 Å². The highest BCUT2D eigenvalue weighted by Gasteiger charge is 2.29. The molecule has 0 heterocycles. The van der Waals surface area contributed by atoms with Crippen LogP contribution in [0.15, 0.2) is 0 Å². The Morgan fingerprint density at radius 3 is 1.64 bits per heavy atom. The molecule has 10 N–H and O–H groups in total. The summed E-state index contributed by atoms with van der Waals surface area (Å²) in [6, 6.07) is -5.56. The van der Waals surface area contributed by atoms with Gasteiger partial charge >= 0.3 is 5.97 Å². The molecule has 0 aromatic rings. The quantitative estimate of drug-likeness (QED) is 0.129. The molecule has 0 aliphatic heterocycles. The number of nitrogens with two attached hydrogens (primary N) is 2. The predicted octanol–water partition coefficient (Wildman–Crippen LogP) is -4.97. The zero-order valence-electron chi connectivity index (χ0n) is 14.8. The number of aliphatic carboxylic acids is 1. The molecule has 0 saturated carbocycles. The maximum Gasteiger partial charge on any atom is 0.327 e. The number of aliphatic hydroxyl groups is 2. The van der Waals surface area contributed by atoms with E-state index in [-0.39, 0.29) is 18.6 Å². The van der Waals surface area contributed by atoms with Gasteiger partial charge in [0, 0.05) is 12.2 Å². The molecule has 0 bridgehead atoms. The molecule has 4 unspecified atom stereocenters. The fourth-order valence-electron chi connectivity index (χ4n) is 1.83. The summed E-state index contributed by atoms with van der Waals surface area (Å²) < 4.78 is 0. The maximum atomic E-state index is 12.1. The summed E-state index contributed by atoms with van der Waals surface area (Å²) in [7, 11) is 0. The third-order valence-electron chi connectivity index (χ3n) is 3.47. The molecule has 28 heavy (non-hydrogen) atoms. The van der Waals surface area contributed by atoms with Crippen LogP contribution in [0, 0.1) is 0 Å². The van der Waals surface area contributed by atoms with Gasteiger partial charge in [-0.15, -0.1) is 0 Å². The van der Waals surface area contributed by atoms with Crippen molar-refractivity contribution >= 4 is 42.2 Å². The summed E-state index contributed by atoms with van der Waals surface area (Å²) >= 11 is 3.76. The number of carboxylic acid groups (broad SMARTS) is 1. The van der Waals surface area contributed by atoms with Crippen LogP contribution >= 0.6 is 12.6 Å². The van der Waals surface area contributed by atoms with Crippen LogP contribution in [0.1, 0.15) is 12.8 Å². The molecule has 0 saturated heterocycles. The van der Waals surface area contributed by atoms with Crippen LogP contribution in [-0.2, 0) is 24.0 Å². The number of carbonyl (C=O) groups excluding carboxylic acids is 4. The minimum atomic E-state index is -1.54. The maximum absolute atomic E-state index is 12.1. The number of thiol groups is 1. The Balaban J connectivity index is 4.86. The third kappa shape index (κ3) is 8.98. The lowest BCUT2D eigenvalue weighted by Crippen LogP contribution is -2.59. The largest absolute Gasteiger partial charge is 0.480 e. The van der Waals surface area contributed by atoms with Crippen molar-refractivity contribution in [2.24, 2.45) is 11.5 Å². The molecule has 0 aromatic carbocycles. The normalized spacial score (nSPS) is 14.9. The second kappa shape index (κ2) is 12.9. The molecule has 4 amide bonds. The number of aliphatic hydroxyl groups excluding tert-OH is 2. The van der Waals surface area contributed by atoms with Crippen LogP contribution < -0.4 is 27.4 Å². The van der Waals surface area contributed by atoms with Crippen LogP contribution in [-0.4, -0.2) is 88.1 Å². The lowest BCUT2D eigenvalue weighted by Gasteiger charge is -2.23. The van der Waals surface area contributed by atoms with Crippen molar-refractivity contribution in [3.63, 3.8) is 0 Å². The van der Waals surface area contributed by atoms with Crippen LogP contribution in [0.25, 0.3) is 0 Å². The summed E-state index contributed by atoms with van der Waals surface area (Å²) in [6.45, 7) is -1.73. The lowest BCUT2D eigenvalue weighted by molar-refractivity contribution is -0.142. The SMILES string of the molecule is NC(=O)CCC(N)C(=O)NC(CO)C(=O)NC(CO)C(=O)NC(CS)C(=O)O. The van der Waals surface area contributed by atoms with Crippen LogP contribution in [0.4, 0.5) is 0 Å². The number of rotatable bonds is 13. The Labute approximate surface area is 165 Å². The van der Waals surface area contributed by atoms with E-state index in [1.165, 1.54) is 0 Å². The third-order valence-corrected chi connectivity index (χ3v) is 3.83.